The summed E-state index contributed by atoms with van der Waals surface area (Å²) in [5.41, 5.74) is 0.356. The minimum Gasteiger partial charge on any atom is -0.452 e. The van der Waals surface area contributed by atoms with Crippen molar-refractivity contribution in [1.29, 1.82) is 0 Å². The maximum atomic E-state index is 12.5. The molecule has 1 heterocycles. The van der Waals surface area contributed by atoms with Gasteiger partial charge in [-0.1, -0.05) is 29.8 Å². The fraction of sp³-hybridized carbons (Fsp3) is 0.529. The van der Waals surface area contributed by atoms with Crippen LogP contribution in [0.2, 0.25) is 0 Å². The molecule has 1 amide bonds. The monoisotopic (exact) mass is 431 g/mol. The predicted molar refractivity (Wildman–Crippen MR) is 98.0 cm³/mol. The van der Waals surface area contributed by atoms with Gasteiger partial charge in [0.05, 0.1) is 17.1 Å². The van der Waals surface area contributed by atoms with Crippen LogP contribution in [0.15, 0.2) is 28.7 Å². The lowest BCUT2D eigenvalue weighted by molar-refractivity contribution is -0.137. The van der Waals surface area contributed by atoms with Crippen LogP contribution in [-0.4, -0.2) is 55.9 Å². The van der Waals surface area contributed by atoms with Crippen molar-refractivity contribution in [3.05, 3.63) is 34.3 Å². The maximum absolute atomic E-state index is 12.5. The molecule has 0 aliphatic carbocycles. The highest BCUT2D eigenvalue weighted by atomic mass is 79.9. The second kappa shape index (κ2) is 8.31. The molecule has 0 saturated carbocycles. The molecule has 1 aromatic carbocycles. The number of hydrogen-bond acceptors (Lipinski definition) is 5. The van der Waals surface area contributed by atoms with Crippen LogP contribution in [0, 0.1) is 5.92 Å². The summed E-state index contributed by atoms with van der Waals surface area (Å²) in [5.74, 6) is -0.676. The van der Waals surface area contributed by atoms with Gasteiger partial charge in [-0.05, 0) is 36.6 Å². The van der Waals surface area contributed by atoms with Gasteiger partial charge in [-0.3, -0.25) is 4.79 Å². The Morgan fingerprint density at radius 3 is 2.44 bits per heavy atom. The molecule has 25 heavy (non-hydrogen) atoms. The Labute approximate surface area is 156 Å². The number of rotatable bonds is 6. The molecule has 0 unspecified atom stereocenters. The van der Waals surface area contributed by atoms with Crippen molar-refractivity contribution in [2.75, 3.05) is 24.7 Å². The SMILES string of the molecule is CC(C)CN(C(=O)COC(=O)c1ccc(Br)cc1)[C@@H]1CCS(=O)(=O)C1. The second-order valence-corrected chi connectivity index (χ2v) is 9.72. The smallest absolute Gasteiger partial charge is 0.338 e. The molecule has 1 fully saturated rings. The summed E-state index contributed by atoms with van der Waals surface area (Å²) in [7, 11) is -3.09. The van der Waals surface area contributed by atoms with Crippen molar-refractivity contribution in [3.8, 4) is 0 Å². The second-order valence-electron chi connectivity index (χ2n) is 6.58. The third-order valence-corrected chi connectivity index (χ3v) is 6.22. The van der Waals surface area contributed by atoms with Crippen LogP contribution in [0.3, 0.4) is 0 Å². The highest BCUT2D eigenvalue weighted by Gasteiger charge is 2.35. The zero-order chi connectivity index (χ0) is 18.6. The quantitative estimate of drug-likeness (QED) is 0.645. The van der Waals surface area contributed by atoms with Gasteiger partial charge in [0.1, 0.15) is 0 Å². The van der Waals surface area contributed by atoms with E-state index in [2.05, 4.69) is 15.9 Å². The van der Waals surface area contributed by atoms with Gasteiger partial charge in [0.2, 0.25) is 0 Å². The summed E-state index contributed by atoms with van der Waals surface area (Å²) in [6.45, 7) is 3.96. The first kappa shape index (κ1) is 19.9. The van der Waals surface area contributed by atoms with E-state index in [-0.39, 0.29) is 29.4 Å². The molecule has 0 radical (unpaired) electrons. The molecule has 2 rings (SSSR count). The lowest BCUT2D eigenvalue weighted by Crippen LogP contribution is -2.45. The Morgan fingerprint density at radius 1 is 1.28 bits per heavy atom. The molecule has 1 aromatic rings. The summed E-state index contributed by atoms with van der Waals surface area (Å²) >= 11 is 3.28. The Kier molecular flexibility index (Phi) is 6.62. The van der Waals surface area contributed by atoms with E-state index in [1.165, 1.54) is 0 Å². The zero-order valence-corrected chi connectivity index (χ0v) is 16.7. The first-order chi connectivity index (χ1) is 11.7. The van der Waals surface area contributed by atoms with Crippen LogP contribution in [0.1, 0.15) is 30.6 Å². The zero-order valence-electron chi connectivity index (χ0n) is 14.3. The van der Waals surface area contributed by atoms with Crippen molar-refractivity contribution < 1.29 is 22.7 Å². The van der Waals surface area contributed by atoms with Gasteiger partial charge in [-0.2, -0.15) is 0 Å². The lowest BCUT2D eigenvalue weighted by Gasteiger charge is -2.29. The van der Waals surface area contributed by atoms with Gasteiger partial charge >= 0.3 is 5.97 Å². The largest absolute Gasteiger partial charge is 0.452 e. The summed E-state index contributed by atoms with van der Waals surface area (Å²) in [6, 6.07) is 6.30. The number of hydrogen-bond donors (Lipinski definition) is 0. The third-order valence-electron chi connectivity index (χ3n) is 3.94. The van der Waals surface area contributed by atoms with Crippen molar-refractivity contribution in [1.82, 2.24) is 4.90 Å². The van der Waals surface area contributed by atoms with E-state index in [9.17, 15) is 18.0 Å². The normalized spacial score (nSPS) is 19.0. The predicted octanol–water partition coefficient (Wildman–Crippen LogP) is 2.28. The number of benzene rings is 1. The number of esters is 1. The summed E-state index contributed by atoms with van der Waals surface area (Å²) < 4.78 is 29.4. The molecule has 0 spiro atoms. The maximum Gasteiger partial charge on any atom is 0.338 e. The van der Waals surface area contributed by atoms with Gasteiger partial charge in [0, 0.05) is 17.1 Å². The molecule has 6 nitrogen and oxygen atoms in total. The third kappa shape index (κ3) is 5.81. The standard InChI is InChI=1S/C17H22BrNO5S/c1-12(2)9-19(15-7-8-25(22,23)11-15)16(20)10-24-17(21)13-3-5-14(18)6-4-13/h3-6,12,15H,7-11H2,1-2H3/t15-/m1/s1. The lowest BCUT2D eigenvalue weighted by atomic mass is 10.1. The Balaban J connectivity index is 1.99. The molecule has 8 heteroatoms. The fourth-order valence-corrected chi connectivity index (χ4v) is 4.74. The number of carbonyl (C=O) groups is 2. The van der Waals surface area contributed by atoms with E-state index in [1.807, 2.05) is 13.8 Å². The van der Waals surface area contributed by atoms with Gasteiger partial charge in [0.25, 0.3) is 5.91 Å². The van der Waals surface area contributed by atoms with E-state index in [0.29, 0.717) is 18.5 Å². The molecule has 0 aromatic heterocycles. The number of sulfone groups is 1. The molecule has 1 aliphatic rings. The van der Waals surface area contributed by atoms with Gasteiger partial charge in [0.15, 0.2) is 16.4 Å². The van der Waals surface area contributed by atoms with E-state index in [0.717, 1.165) is 4.47 Å². The van der Waals surface area contributed by atoms with Gasteiger partial charge in [-0.15, -0.1) is 0 Å². The summed E-state index contributed by atoms with van der Waals surface area (Å²) in [6.07, 6.45) is 0.432. The molecule has 0 N–H and O–H groups in total. The summed E-state index contributed by atoms with van der Waals surface area (Å²) in [5, 5.41) is 0. The Morgan fingerprint density at radius 2 is 1.92 bits per heavy atom. The number of ether oxygens (including phenoxy) is 1. The molecule has 1 atom stereocenters. The van der Waals surface area contributed by atoms with Crippen LogP contribution < -0.4 is 0 Å². The van der Waals surface area contributed by atoms with Crippen molar-refractivity contribution in [2.45, 2.75) is 26.3 Å². The molecular formula is C17H22BrNO5S. The van der Waals surface area contributed by atoms with Gasteiger partial charge < -0.3 is 9.64 Å². The molecule has 138 valence electrons. The van der Waals surface area contributed by atoms with E-state index in [4.69, 9.17) is 4.74 Å². The van der Waals surface area contributed by atoms with Gasteiger partial charge in [-0.25, -0.2) is 13.2 Å². The fourth-order valence-electron chi connectivity index (χ4n) is 2.75. The van der Waals surface area contributed by atoms with Crippen LogP contribution in [-0.2, 0) is 19.4 Å². The van der Waals surface area contributed by atoms with Crippen LogP contribution in [0.25, 0.3) is 0 Å². The number of nitrogens with zero attached hydrogens (tertiary/aromatic N) is 1. The van der Waals surface area contributed by atoms with E-state index in [1.54, 1.807) is 29.2 Å². The molecular weight excluding hydrogens is 410 g/mol. The van der Waals surface area contributed by atoms with Crippen LogP contribution in [0.5, 0.6) is 0 Å². The van der Waals surface area contributed by atoms with E-state index >= 15 is 0 Å². The number of carbonyl (C=O) groups excluding carboxylic acids is 2. The average molecular weight is 432 g/mol. The Bertz CT molecular complexity index is 730. The van der Waals surface area contributed by atoms with Crippen molar-refractivity contribution >= 4 is 37.6 Å². The topological polar surface area (TPSA) is 80.8 Å². The van der Waals surface area contributed by atoms with Crippen molar-refractivity contribution in [2.24, 2.45) is 5.92 Å². The highest BCUT2D eigenvalue weighted by Crippen LogP contribution is 2.19. The summed E-state index contributed by atoms with van der Waals surface area (Å²) in [4.78, 5) is 26.1. The Hall–Kier alpha value is -1.41. The molecule has 0 bridgehead atoms. The van der Waals surface area contributed by atoms with Crippen LogP contribution >= 0.6 is 15.9 Å². The average Bonchev–Trinajstić information content (AvgIpc) is 2.90. The minimum atomic E-state index is -3.09. The first-order valence-corrected chi connectivity index (χ1v) is 10.7. The minimum absolute atomic E-state index is 0.0217. The van der Waals surface area contributed by atoms with Crippen molar-refractivity contribution in [3.63, 3.8) is 0 Å². The molecule has 1 saturated heterocycles. The van der Waals surface area contributed by atoms with Crippen LogP contribution in [0.4, 0.5) is 0 Å². The van der Waals surface area contributed by atoms with E-state index < -0.39 is 22.4 Å². The first-order valence-electron chi connectivity index (χ1n) is 8.10. The number of halogens is 1. The number of amides is 1. The molecule has 1 aliphatic heterocycles. The highest BCUT2D eigenvalue weighted by molar-refractivity contribution is 9.10.